The zero-order valence-electron chi connectivity index (χ0n) is 18.0. The second-order valence-electron chi connectivity index (χ2n) is 8.03. The highest BCUT2D eigenvalue weighted by Gasteiger charge is 2.67. The van der Waals surface area contributed by atoms with E-state index in [0.29, 0.717) is 21.7 Å². The molecule has 0 unspecified atom stereocenters. The minimum atomic E-state index is -1.40. The van der Waals surface area contributed by atoms with Crippen LogP contribution in [0, 0.1) is 17.6 Å². The summed E-state index contributed by atoms with van der Waals surface area (Å²) in [5.74, 6) is -4.49. The number of carbonyl (C=O) groups is 2. The molecule has 0 heterocycles. The summed E-state index contributed by atoms with van der Waals surface area (Å²) in [6.07, 6.45) is 1.20. The summed E-state index contributed by atoms with van der Waals surface area (Å²) < 4.78 is 26.4. The lowest BCUT2D eigenvalue weighted by Crippen LogP contribution is -2.18. The molecule has 0 aliphatic heterocycles. The van der Waals surface area contributed by atoms with Crippen LogP contribution in [0.4, 0.5) is 20.2 Å². The first-order valence-electron chi connectivity index (χ1n) is 10.3. The standard InChI is InChI=1S/C25H15Cl5F2N2O2/c1-2-11-7-15(31)9-19(32)22(11)34-23(35)17-10-16(3-4-18(17)28)33-24(36)21-20(25(21,29)30)12-5-13(26)8-14(27)6-12/h2-10,20-21H,1H2,(H,33,36)(H,34,35)/t20-,21+/m0/s1. The quantitative estimate of drug-likeness (QED) is 0.284. The number of amides is 2. The van der Waals surface area contributed by atoms with Gasteiger partial charge in [0.25, 0.3) is 5.91 Å². The maximum absolute atomic E-state index is 14.3. The smallest absolute Gasteiger partial charge is 0.257 e. The Balaban J connectivity index is 1.54. The summed E-state index contributed by atoms with van der Waals surface area (Å²) >= 11 is 31.1. The Morgan fingerprint density at radius 3 is 2.25 bits per heavy atom. The van der Waals surface area contributed by atoms with Gasteiger partial charge in [-0.3, -0.25) is 9.59 Å². The lowest BCUT2D eigenvalue weighted by Gasteiger charge is -2.12. The fraction of sp³-hybridized carbons (Fsp3) is 0.120. The molecule has 0 aromatic heterocycles. The second kappa shape index (κ2) is 10.2. The summed E-state index contributed by atoms with van der Waals surface area (Å²) in [4.78, 5) is 25.8. The van der Waals surface area contributed by atoms with Crippen LogP contribution in [0.1, 0.15) is 27.4 Å². The lowest BCUT2D eigenvalue weighted by molar-refractivity contribution is -0.117. The molecule has 1 aliphatic rings. The SMILES string of the molecule is C=Cc1cc(F)cc(F)c1NC(=O)c1cc(NC(=O)[C@H]2[C@H](c3cc(Cl)cc(Cl)c3)C2(Cl)Cl)ccc1Cl. The Hall–Kier alpha value is -2.35. The van der Waals surface area contributed by atoms with E-state index in [1.807, 2.05) is 0 Å². The Morgan fingerprint density at radius 2 is 1.61 bits per heavy atom. The molecule has 11 heteroatoms. The van der Waals surface area contributed by atoms with Crippen LogP contribution >= 0.6 is 58.0 Å². The van der Waals surface area contributed by atoms with Gasteiger partial charge < -0.3 is 10.6 Å². The normalized spacial score (nSPS) is 17.9. The van der Waals surface area contributed by atoms with E-state index in [1.54, 1.807) is 18.2 Å². The molecule has 4 nitrogen and oxygen atoms in total. The van der Waals surface area contributed by atoms with E-state index in [1.165, 1.54) is 24.3 Å². The fourth-order valence-electron chi connectivity index (χ4n) is 3.89. The van der Waals surface area contributed by atoms with Gasteiger partial charge in [0.2, 0.25) is 5.91 Å². The first-order chi connectivity index (χ1) is 16.9. The predicted molar refractivity (Wildman–Crippen MR) is 142 cm³/mol. The molecule has 2 atom stereocenters. The topological polar surface area (TPSA) is 58.2 Å². The van der Waals surface area contributed by atoms with Crippen LogP contribution in [0.5, 0.6) is 0 Å². The molecular weight excluding hydrogens is 576 g/mol. The summed E-state index contributed by atoms with van der Waals surface area (Å²) in [6.45, 7) is 3.50. The Morgan fingerprint density at radius 1 is 0.944 bits per heavy atom. The van der Waals surface area contributed by atoms with E-state index in [0.717, 1.165) is 6.07 Å². The average molecular weight is 591 g/mol. The van der Waals surface area contributed by atoms with Gasteiger partial charge in [0, 0.05) is 33.3 Å². The average Bonchev–Trinajstić information content (AvgIpc) is 3.38. The van der Waals surface area contributed by atoms with Crippen molar-refractivity contribution in [2.45, 2.75) is 10.3 Å². The molecule has 3 aromatic carbocycles. The first kappa shape index (κ1) is 26.7. The Kier molecular flexibility index (Phi) is 7.56. The third-order valence-corrected chi connectivity index (χ3v) is 7.31. The summed E-state index contributed by atoms with van der Waals surface area (Å²) in [5.41, 5.74) is 0.537. The number of nitrogens with one attached hydrogen (secondary N) is 2. The maximum Gasteiger partial charge on any atom is 0.257 e. The monoisotopic (exact) mass is 588 g/mol. The van der Waals surface area contributed by atoms with E-state index < -0.39 is 39.6 Å². The van der Waals surface area contributed by atoms with Gasteiger partial charge >= 0.3 is 0 Å². The molecule has 3 aromatic rings. The van der Waals surface area contributed by atoms with Crippen LogP contribution in [0.25, 0.3) is 6.08 Å². The number of halogens is 7. The minimum Gasteiger partial charge on any atom is -0.326 e. The molecule has 1 aliphatic carbocycles. The van der Waals surface area contributed by atoms with E-state index in [9.17, 15) is 18.4 Å². The largest absolute Gasteiger partial charge is 0.326 e. The van der Waals surface area contributed by atoms with Crippen molar-refractivity contribution in [3.05, 3.63) is 98.5 Å². The van der Waals surface area contributed by atoms with Crippen LogP contribution < -0.4 is 10.6 Å². The van der Waals surface area contributed by atoms with Crippen LogP contribution in [-0.4, -0.2) is 16.1 Å². The molecule has 1 fully saturated rings. The van der Waals surface area contributed by atoms with Crippen molar-refractivity contribution in [3.63, 3.8) is 0 Å². The molecule has 0 spiro atoms. The number of hydrogen-bond donors (Lipinski definition) is 2. The van der Waals surface area contributed by atoms with Gasteiger partial charge in [-0.2, -0.15) is 0 Å². The lowest BCUT2D eigenvalue weighted by atomic mass is 10.1. The van der Waals surface area contributed by atoms with E-state index in [2.05, 4.69) is 17.2 Å². The zero-order chi connectivity index (χ0) is 26.4. The van der Waals surface area contributed by atoms with E-state index >= 15 is 0 Å². The molecule has 1 saturated carbocycles. The van der Waals surface area contributed by atoms with Crippen molar-refractivity contribution in [2.24, 2.45) is 5.92 Å². The highest BCUT2D eigenvalue weighted by atomic mass is 35.5. The van der Waals surface area contributed by atoms with Gasteiger partial charge in [0.15, 0.2) is 0 Å². The van der Waals surface area contributed by atoms with Gasteiger partial charge in [-0.05, 0) is 48.0 Å². The van der Waals surface area contributed by atoms with Crippen LogP contribution in [0.15, 0.2) is 55.1 Å². The van der Waals surface area contributed by atoms with Crippen LogP contribution in [0.3, 0.4) is 0 Å². The molecular formula is C25H15Cl5F2N2O2. The minimum absolute atomic E-state index is 0.0371. The van der Waals surface area contributed by atoms with Gasteiger partial charge in [-0.15, -0.1) is 23.2 Å². The second-order valence-corrected chi connectivity index (χ2v) is 10.8. The van der Waals surface area contributed by atoms with Gasteiger partial charge in [0.1, 0.15) is 16.0 Å². The van der Waals surface area contributed by atoms with E-state index in [-0.39, 0.29) is 27.5 Å². The highest BCUT2D eigenvalue weighted by Crippen LogP contribution is 2.65. The number of alkyl halides is 2. The molecule has 0 saturated heterocycles. The predicted octanol–water partition coefficient (Wildman–Crippen LogP) is 8.35. The summed E-state index contributed by atoms with van der Waals surface area (Å²) in [5, 5.41) is 5.81. The molecule has 0 bridgehead atoms. The van der Waals surface area contributed by atoms with Crippen molar-refractivity contribution in [1.82, 2.24) is 0 Å². The number of benzene rings is 3. The van der Waals surface area contributed by atoms with Crippen molar-refractivity contribution >= 4 is 87.3 Å². The number of anilines is 2. The summed E-state index contributed by atoms with van der Waals surface area (Å²) in [6, 6.07) is 10.6. The maximum atomic E-state index is 14.3. The summed E-state index contributed by atoms with van der Waals surface area (Å²) in [7, 11) is 0. The number of hydrogen-bond acceptors (Lipinski definition) is 2. The molecule has 2 amide bonds. The van der Waals surface area contributed by atoms with Gasteiger partial charge in [-0.25, -0.2) is 8.78 Å². The molecule has 36 heavy (non-hydrogen) atoms. The molecule has 4 rings (SSSR count). The third kappa shape index (κ3) is 5.34. The van der Waals surface area contributed by atoms with Crippen molar-refractivity contribution in [2.75, 3.05) is 10.6 Å². The number of rotatable bonds is 6. The van der Waals surface area contributed by atoms with Gasteiger partial charge in [0.05, 0.1) is 22.2 Å². The number of carbonyl (C=O) groups excluding carboxylic acids is 2. The first-order valence-corrected chi connectivity index (χ1v) is 12.2. The third-order valence-electron chi connectivity index (χ3n) is 5.60. The van der Waals surface area contributed by atoms with Crippen molar-refractivity contribution < 1.29 is 18.4 Å². The van der Waals surface area contributed by atoms with Crippen molar-refractivity contribution in [3.8, 4) is 0 Å². The fourth-order valence-corrected chi connectivity index (χ4v) is 5.46. The Bertz CT molecular complexity index is 1390. The van der Waals surface area contributed by atoms with Crippen LogP contribution in [0.2, 0.25) is 15.1 Å². The van der Waals surface area contributed by atoms with Crippen LogP contribution in [-0.2, 0) is 4.79 Å². The Labute approximate surface area is 230 Å². The van der Waals surface area contributed by atoms with E-state index in [4.69, 9.17) is 58.0 Å². The molecule has 2 N–H and O–H groups in total. The molecule has 186 valence electrons. The molecule has 0 radical (unpaired) electrons. The zero-order valence-corrected chi connectivity index (χ0v) is 21.8. The highest BCUT2D eigenvalue weighted by molar-refractivity contribution is 6.53. The van der Waals surface area contributed by atoms with Crippen molar-refractivity contribution in [1.29, 1.82) is 0 Å². The van der Waals surface area contributed by atoms with Gasteiger partial charge in [-0.1, -0.05) is 47.5 Å².